The van der Waals surface area contributed by atoms with E-state index >= 15 is 0 Å². The second-order valence-corrected chi connectivity index (χ2v) is 8.58. The molecule has 2 aliphatic heterocycles. The maximum Gasteiger partial charge on any atom is 0.0662 e. The number of likely N-dealkylation sites (tertiary alicyclic amines) is 1. The van der Waals surface area contributed by atoms with E-state index in [0.29, 0.717) is 5.41 Å². The second-order valence-electron chi connectivity index (χ2n) is 8.14. The standard InChI is InChI=1S/C21H29ClN4.ClH/c1-16-20(14-25-12-9-21(15-25)7-10-23-11-8-21)17(2)26(24-16)13-18-3-5-19(22)6-4-18;/h3-6,23H,7-15H2,1-2H3;1H. The van der Waals surface area contributed by atoms with Crippen molar-refractivity contribution >= 4 is 24.0 Å². The largest absolute Gasteiger partial charge is 0.317 e. The highest BCUT2D eigenvalue weighted by atomic mass is 35.5. The lowest BCUT2D eigenvalue weighted by atomic mass is 9.78. The molecule has 27 heavy (non-hydrogen) atoms. The Labute approximate surface area is 173 Å². The Morgan fingerprint density at radius 3 is 2.48 bits per heavy atom. The van der Waals surface area contributed by atoms with E-state index in [9.17, 15) is 0 Å². The molecule has 1 spiro atoms. The molecule has 4 rings (SSSR count). The third kappa shape index (κ3) is 4.51. The molecular formula is C21H30Cl2N4. The highest BCUT2D eigenvalue weighted by molar-refractivity contribution is 6.30. The fourth-order valence-corrected chi connectivity index (χ4v) is 4.76. The molecule has 1 N–H and O–H groups in total. The number of halogens is 2. The van der Waals surface area contributed by atoms with E-state index < -0.39 is 0 Å². The highest BCUT2D eigenvalue weighted by Crippen LogP contribution is 2.39. The summed E-state index contributed by atoms with van der Waals surface area (Å²) < 4.78 is 2.14. The van der Waals surface area contributed by atoms with Crippen molar-refractivity contribution in [3.05, 3.63) is 51.8 Å². The Bertz CT molecular complexity index is 763. The van der Waals surface area contributed by atoms with Crippen molar-refractivity contribution < 1.29 is 0 Å². The summed E-state index contributed by atoms with van der Waals surface area (Å²) in [6.45, 7) is 11.0. The highest BCUT2D eigenvalue weighted by Gasteiger charge is 2.38. The molecule has 0 atom stereocenters. The lowest BCUT2D eigenvalue weighted by Crippen LogP contribution is -2.38. The van der Waals surface area contributed by atoms with Gasteiger partial charge in [-0.3, -0.25) is 9.58 Å². The summed E-state index contributed by atoms with van der Waals surface area (Å²) in [4.78, 5) is 2.65. The Morgan fingerprint density at radius 1 is 1.07 bits per heavy atom. The summed E-state index contributed by atoms with van der Waals surface area (Å²) in [5.74, 6) is 0. The molecule has 6 heteroatoms. The predicted molar refractivity (Wildman–Crippen MR) is 114 cm³/mol. The summed E-state index contributed by atoms with van der Waals surface area (Å²) in [5, 5.41) is 9.11. The van der Waals surface area contributed by atoms with Crippen molar-refractivity contribution in [2.24, 2.45) is 5.41 Å². The lowest BCUT2D eigenvalue weighted by molar-refractivity contribution is 0.193. The van der Waals surface area contributed by atoms with E-state index in [-0.39, 0.29) is 12.4 Å². The summed E-state index contributed by atoms with van der Waals surface area (Å²) in [5.41, 5.74) is 5.67. The van der Waals surface area contributed by atoms with Crippen molar-refractivity contribution in [3.8, 4) is 0 Å². The summed E-state index contributed by atoms with van der Waals surface area (Å²) in [6, 6.07) is 8.07. The van der Waals surface area contributed by atoms with Gasteiger partial charge in [0.15, 0.2) is 0 Å². The number of rotatable bonds is 4. The van der Waals surface area contributed by atoms with E-state index in [1.54, 1.807) is 0 Å². The number of aryl methyl sites for hydroxylation is 1. The van der Waals surface area contributed by atoms with Crippen LogP contribution in [0.5, 0.6) is 0 Å². The Morgan fingerprint density at radius 2 is 1.78 bits per heavy atom. The summed E-state index contributed by atoms with van der Waals surface area (Å²) >= 11 is 6.00. The molecule has 0 amide bonds. The third-order valence-electron chi connectivity index (χ3n) is 6.34. The predicted octanol–water partition coefficient (Wildman–Crippen LogP) is 4.20. The maximum absolute atomic E-state index is 6.00. The van der Waals surface area contributed by atoms with Crippen molar-refractivity contribution in [3.63, 3.8) is 0 Å². The molecule has 0 aliphatic carbocycles. The minimum absolute atomic E-state index is 0. The summed E-state index contributed by atoms with van der Waals surface area (Å²) in [6.07, 6.45) is 4.01. The van der Waals surface area contributed by atoms with Gasteiger partial charge in [0.25, 0.3) is 0 Å². The molecule has 2 aliphatic rings. The zero-order valence-corrected chi connectivity index (χ0v) is 17.9. The van der Waals surface area contributed by atoms with Gasteiger partial charge in [-0.2, -0.15) is 5.10 Å². The first kappa shape index (κ1) is 20.7. The van der Waals surface area contributed by atoms with Crippen molar-refractivity contribution in [1.82, 2.24) is 20.0 Å². The third-order valence-corrected chi connectivity index (χ3v) is 6.59. The van der Waals surface area contributed by atoms with Crippen LogP contribution in [0.1, 0.15) is 41.8 Å². The van der Waals surface area contributed by atoms with Crippen LogP contribution in [0, 0.1) is 19.3 Å². The molecule has 1 aromatic carbocycles. The number of aromatic nitrogens is 2. The molecule has 0 unspecified atom stereocenters. The average molecular weight is 409 g/mol. The molecule has 2 saturated heterocycles. The van der Waals surface area contributed by atoms with Crippen LogP contribution < -0.4 is 5.32 Å². The first-order valence-corrected chi connectivity index (χ1v) is 10.1. The number of benzene rings is 1. The van der Waals surface area contributed by atoms with Crippen LogP contribution in [0.3, 0.4) is 0 Å². The van der Waals surface area contributed by atoms with Gasteiger partial charge < -0.3 is 5.32 Å². The number of piperidine rings is 1. The molecule has 0 radical (unpaired) electrons. The van der Waals surface area contributed by atoms with Crippen molar-refractivity contribution in [2.45, 2.75) is 46.2 Å². The van der Waals surface area contributed by atoms with Crippen LogP contribution in [-0.2, 0) is 13.1 Å². The van der Waals surface area contributed by atoms with E-state index in [2.05, 4.69) is 40.9 Å². The average Bonchev–Trinajstić information content (AvgIpc) is 3.14. The smallest absolute Gasteiger partial charge is 0.0662 e. The van der Waals surface area contributed by atoms with Gasteiger partial charge in [-0.1, -0.05) is 23.7 Å². The molecular weight excluding hydrogens is 379 g/mol. The Balaban J connectivity index is 0.00000210. The molecule has 148 valence electrons. The lowest BCUT2D eigenvalue weighted by Gasteiger charge is -2.34. The van der Waals surface area contributed by atoms with Gasteiger partial charge in [0, 0.05) is 29.4 Å². The van der Waals surface area contributed by atoms with E-state index in [1.807, 2.05) is 12.1 Å². The zero-order chi connectivity index (χ0) is 18.1. The van der Waals surface area contributed by atoms with Crippen molar-refractivity contribution in [1.29, 1.82) is 0 Å². The molecule has 2 fully saturated rings. The van der Waals surface area contributed by atoms with Gasteiger partial charge in [-0.05, 0) is 75.9 Å². The molecule has 0 saturated carbocycles. The van der Waals surface area contributed by atoms with Crippen LogP contribution in [0.15, 0.2) is 24.3 Å². The van der Waals surface area contributed by atoms with Gasteiger partial charge in [0.05, 0.1) is 12.2 Å². The van der Waals surface area contributed by atoms with Gasteiger partial charge in [-0.25, -0.2) is 0 Å². The SMILES string of the molecule is Cc1nn(Cc2ccc(Cl)cc2)c(C)c1CN1CCC2(CCNCC2)C1.Cl. The van der Waals surface area contributed by atoms with Crippen LogP contribution in [0.2, 0.25) is 5.02 Å². The Hall–Kier alpha value is -1.07. The number of nitrogens with one attached hydrogen (secondary N) is 1. The first-order chi connectivity index (χ1) is 12.5. The number of hydrogen-bond acceptors (Lipinski definition) is 3. The van der Waals surface area contributed by atoms with E-state index in [0.717, 1.165) is 18.1 Å². The zero-order valence-electron chi connectivity index (χ0n) is 16.3. The van der Waals surface area contributed by atoms with Crippen LogP contribution in [-0.4, -0.2) is 40.9 Å². The molecule has 1 aromatic heterocycles. The van der Waals surface area contributed by atoms with E-state index in [4.69, 9.17) is 16.7 Å². The van der Waals surface area contributed by atoms with Crippen LogP contribution in [0.25, 0.3) is 0 Å². The van der Waals surface area contributed by atoms with Gasteiger partial charge in [0.2, 0.25) is 0 Å². The van der Waals surface area contributed by atoms with Gasteiger partial charge in [0.1, 0.15) is 0 Å². The molecule has 4 nitrogen and oxygen atoms in total. The van der Waals surface area contributed by atoms with Gasteiger partial charge >= 0.3 is 0 Å². The fourth-order valence-electron chi connectivity index (χ4n) is 4.63. The minimum Gasteiger partial charge on any atom is -0.317 e. The second kappa shape index (κ2) is 8.52. The molecule has 3 heterocycles. The fraction of sp³-hybridized carbons (Fsp3) is 0.571. The monoisotopic (exact) mass is 408 g/mol. The molecule has 0 bridgehead atoms. The van der Waals surface area contributed by atoms with Crippen LogP contribution in [0.4, 0.5) is 0 Å². The molecule has 2 aromatic rings. The summed E-state index contributed by atoms with van der Waals surface area (Å²) in [7, 11) is 0. The van der Waals surface area contributed by atoms with E-state index in [1.165, 1.54) is 68.0 Å². The maximum atomic E-state index is 6.00. The van der Waals surface area contributed by atoms with Crippen molar-refractivity contribution in [2.75, 3.05) is 26.2 Å². The minimum atomic E-state index is 0. The number of hydrogen-bond donors (Lipinski definition) is 1. The topological polar surface area (TPSA) is 33.1 Å². The van der Waals surface area contributed by atoms with Crippen LogP contribution >= 0.6 is 24.0 Å². The quantitative estimate of drug-likeness (QED) is 0.822. The first-order valence-electron chi connectivity index (χ1n) is 9.75. The Kier molecular flexibility index (Phi) is 6.52. The normalized spacial score (nSPS) is 19.4. The van der Waals surface area contributed by atoms with Gasteiger partial charge in [-0.15, -0.1) is 12.4 Å². The number of nitrogens with zero attached hydrogens (tertiary/aromatic N) is 3.